The maximum atomic E-state index is 12.5. The number of aromatic nitrogens is 3. The number of H-pyrrole nitrogens is 2. The first-order valence-electron chi connectivity index (χ1n) is 6.84. The molecule has 0 fully saturated rings. The summed E-state index contributed by atoms with van der Waals surface area (Å²) in [7, 11) is 0. The number of para-hydroxylation sites is 1. The monoisotopic (exact) mass is 289 g/mol. The van der Waals surface area contributed by atoms with Gasteiger partial charge in [-0.2, -0.15) is 0 Å². The quantitative estimate of drug-likeness (QED) is 0.528. The van der Waals surface area contributed by atoms with Gasteiger partial charge in [-0.05, 0) is 12.1 Å². The topological polar surface area (TPSA) is 78.6 Å². The van der Waals surface area contributed by atoms with E-state index in [0.717, 1.165) is 5.56 Å². The standard InChI is InChI=1S/C17H11N3O2/c21-14-11-8-4-5-9-12(11)18-16-13(14)17(22)20-15(19-16)10-6-2-1-3-7-10/h1-9H,(H2,18,19,20,21,22). The summed E-state index contributed by atoms with van der Waals surface area (Å²) in [5.41, 5.74) is 1.01. The summed E-state index contributed by atoms with van der Waals surface area (Å²) >= 11 is 0. The van der Waals surface area contributed by atoms with Crippen molar-refractivity contribution in [3.8, 4) is 11.4 Å². The summed E-state index contributed by atoms with van der Waals surface area (Å²) in [6.45, 7) is 0. The highest BCUT2D eigenvalue weighted by atomic mass is 16.1. The predicted molar refractivity (Wildman–Crippen MR) is 85.9 cm³/mol. The van der Waals surface area contributed by atoms with E-state index in [1.165, 1.54) is 0 Å². The molecule has 5 heteroatoms. The van der Waals surface area contributed by atoms with Crippen LogP contribution >= 0.6 is 0 Å². The molecule has 0 aliphatic carbocycles. The third-order valence-electron chi connectivity index (χ3n) is 3.62. The van der Waals surface area contributed by atoms with Crippen LogP contribution in [-0.2, 0) is 0 Å². The largest absolute Gasteiger partial charge is 0.339 e. The van der Waals surface area contributed by atoms with Crippen LogP contribution in [-0.4, -0.2) is 15.0 Å². The number of benzene rings is 2. The van der Waals surface area contributed by atoms with E-state index in [4.69, 9.17) is 0 Å². The summed E-state index contributed by atoms with van der Waals surface area (Å²) in [4.78, 5) is 35.0. The maximum Gasteiger partial charge on any atom is 0.264 e. The number of nitrogens with zero attached hydrogens (tertiary/aromatic N) is 1. The molecule has 5 nitrogen and oxygen atoms in total. The molecule has 0 unspecified atom stereocenters. The molecule has 0 aliphatic heterocycles. The predicted octanol–water partition coefficient (Wildman–Crippen LogP) is 2.43. The molecule has 0 bridgehead atoms. The van der Waals surface area contributed by atoms with E-state index in [-0.39, 0.29) is 10.8 Å². The molecule has 0 radical (unpaired) electrons. The minimum Gasteiger partial charge on any atom is -0.339 e. The summed E-state index contributed by atoms with van der Waals surface area (Å²) in [5.74, 6) is 0.434. The van der Waals surface area contributed by atoms with E-state index in [9.17, 15) is 9.59 Å². The third kappa shape index (κ3) is 1.83. The molecule has 2 aromatic carbocycles. The lowest BCUT2D eigenvalue weighted by molar-refractivity contribution is 1.15. The molecule has 4 aromatic rings. The summed E-state index contributed by atoms with van der Waals surface area (Å²) < 4.78 is 0. The average Bonchev–Trinajstić information content (AvgIpc) is 2.55. The molecule has 0 spiro atoms. The van der Waals surface area contributed by atoms with Gasteiger partial charge in [0.1, 0.15) is 16.9 Å². The first-order valence-corrected chi connectivity index (χ1v) is 6.84. The van der Waals surface area contributed by atoms with Crippen molar-refractivity contribution in [2.45, 2.75) is 0 Å². The fourth-order valence-electron chi connectivity index (χ4n) is 2.56. The number of hydrogen-bond acceptors (Lipinski definition) is 3. The third-order valence-corrected chi connectivity index (χ3v) is 3.62. The van der Waals surface area contributed by atoms with Gasteiger partial charge in [0.05, 0.1) is 5.52 Å². The highest BCUT2D eigenvalue weighted by Crippen LogP contribution is 2.15. The zero-order chi connectivity index (χ0) is 15.1. The van der Waals surface area contributed by atoms with Crippen molar-refractivity contribution in [3.63, 3.8) is 0 Å². The van der Waals surface area contributed by atoms with E-state index in [0.29, 0.717) is 22.4 Å². The second-order valence-corrected chi connectivity index (χ2v) is 5.00. The van der Waals surface area contributed by atoms with Crippen molar-refractivity contribution in [2.24, 2.45) is 0 Å². The Kier molecular flexibility index (Phi) is 2.66. The molecule has 106 valence electrons. The van der Waals surface area contributed by atoms with Crippen LogP contribution in [0.4, 0.5) is 0 Å². The van der Waals surface area contributed by atoms with Crippen molar-refractivity contribution in [3.05, 3.63) is 75.2 Å². The molecule has 22 heavy (non-hydrogen) atoms. The smallest absolute Gasteiger partial charge is 0.264 e. The number of nitrogens with one attached hydrogen (secondary N) is 2. The molecule has 0 amide bonds. The van der Waals surface area contributed by atoms with Gasteiger partial charge in [0.15, 0.2) is 0 Å². The number of fused-ring (bicyclic) bond motifs is 2. The van der Waals surface area contributed by atoms with Crippen molar-refractivity contribution >= 4 is 21.9 Å². The van der Waals surface area contributed by atoms with Crippen LogP contribution in [0.5, 0.6) is 0 Å². The Hall–Kier alpha value is -3.21. The SMILES string of the molecule is O=c1[nH]c(-c2ccccc2)nc2[nH]c3ccccc3c(=O)c12. The summed E-state index contributed by atoms with van der Waals surface area (Å²) in [5, 5.41) is 0.535. The summed E-state index contributed by atoms with van der Waals surface area (Å²) in [6, 6.07) is 16.4. The van der Waals surface area contributed by atoms with Crippen LogP contribution in [0.3, 0.4) is 0 Å². The molecule has 2 aromatic heterocycles. The van der Waals surface area contributed by atoms with Crippen molar-refractivity contribution < 1.29 is 0 Å². The van der Waals surface area contributed by atoms with Crippen LogP contribution < -0.4 is 11.0 Å². The van der Waals surface area contributed by atoms with Crippen LogP contribution in [0.2, 0.25) is 0 Å². The minimum absolute atomic E-state index is 0.0541. The molecular formula is C17H11N3O2. The van der Waals surface area contributed by atoms with E-state index < -0.39 is 5.56 Å². The zero-order valence-electron chi connectivity index (χ0n) is 11.5. The van der Waals surface area contributed by atoms with Gasteiger partial charge in [0.2, 0.25) is 5.43 Å². The Morgan fingerprint density at radius 3 is 2.36 bits per heavy atom. The van der Waals surface area contributed by atoms with Gasteiger partial charge in [-0.3, -0.25) is 9.59 Å². The molecule has 0 saturated carbocycles. The highest BCUT2D eigenvalue weighted by molar-refractivity contribution is 5.90. The van der Waals surface area contributed by atoms with Crippen molar-refractivity contribution in [2.75, 3.05) is 0 Å². The van der Waals surface area contributed by atoms with E-state index in [2.05, 4.69) is 15.0 Å². The van der Waals surface area contributed by atoms with Crippen LogP contribution in [0.1, 0.15) is 0 Å². The Morgan fingerprint density at radius 1 is 0.818 bits per heavy atom. The van der Waals surface area contributed by atoms with Crippen LogP contribution in [0.25, 0.3) is 33.3 Å². The average molecular weight is 289 g/mol. The Labute approximate surface area is 124 Å². The summed E-state index contributed by atoms with van der Waals surface area (Å²) in [6.07, 6.45) is 0. The van der Waals surface area contributed by atoms with Gasteiger partial charge >= 0.3 is 0 Å². The lowest BCUT2D eigenvalue weighted by Gasteiger charge is -2.04. The van der Waals surface area contributed by atoms with Crippen molar-refractivity contribution in [1.29, 1.82) is 0 Å². The van der Waals surface area contributed by atoms with E-state index >= 15 is 0 Å². The number of aromatic amines is 2. The molecule has 0 atom stereocenters. The molecule has 0 saturated heterocycles. The fourth-order valence-corrected chi connectivity index (χ4v) is 2.56. The molecule has 4 rings (SSSR count). The first-order chi connectivity index (χ1) is 10.7. The minimum atomic E-state index is -0.434. The van der Waals surface area contributed by atoms with E-state index in [1.807, 2.05) is 36.4 Å². The molecular weight excluding hydrogens is 278 g/mol. The lowest BCUT2D eigenvalue weighted by atomic mass is 10.1. The fraction of sp³-hybridized carbons (Fsp3) is 0. The van der Waals surface area contributed by atoms with Gasteiger partial charge in [-0.15, -0.1) is 0 Å². The molecule has 2 N–H and O–H groups in total. The normalized spacial score (nSPS) is 11.1. The first kappa shape index (κ1) is 12.5. The number of rotatable bonds is 1. The van der Waals surface area contributed by atoms with Crippen LogP contribution in [0.15, 0.2) is 64.2 Å². The van der Waals surface area contributed by atoms with Gasteiger partial charge in [0.25, 0.3) is 5.56 Å². The maximum absolute atomic E-state index is 12.5. The van der Waals surface area contributed by atoms with Gasteiger partial charge in [0, 0.05) is 10.9 Å². The van der Waals surface area contributed by atoms with E-state index in [1.54, 1.807) is 18.2 Å². The second kappa shape index (κ2) is 4.66. The van der Waals surface area contributed by atoms with Crippen LogP contribution in [0, 0.1) is 0 Å². The Balaban J connectivity index is 2.13. The number of hydrogen-bond donors (Lipinski definition) is 2. The van der Waals surface area contributed by atoms with Gasteiger partial charge in [-0.1, -0.05) is 42.5 Å². The highest BCUT2D eigenvalue weighted by Gasteiger charge is 2.12. The zero-order valence-corrected chi connectivity index (χ0v) is 11.5. The Bertz CT molecular complexity index is 1110. The van der Waals surface area contributed by atoms with Gasteiger partial charge < -0.3 is 9.97 Å². The Morgan fingerprint density at radius 2 is 1.55 bits per heavy atom. The second-order valence-electron chi connectivity index (χ2n) is 5.00. The lowest BCUT2D eigenvalue weighted by Crippen LogP contribution is -2.19. The molecule has 0 aliphatic rings. The van der Waals surface area contributed by atoms with Crippen molar-refractivity contribution in [1.82, 2.24) is 15.0 Å². The molecule has 2 heterocycles. The van der Waals surface area contributed by atoms with Gasteiger partial charge in [-0.25, -0.2) is 4.98 Å². The number of pyridine rings is 1.